The van der Waals surface area contributed by atoms with Gasteiger partial charge in [0.05, 0.1) is 18.0 Å². The molecule has 6 nitrogen and oxygen atoms in total. The molecule has 7 heteroatoms. The van der Waals surface area contributed by atoms with Crippen LogP contribution in [-0.2, 0) is 12.0 Å². The van der Waals surface area contributed by atoms with Gasteiger partial charge in [-0.25, -0.2) is 4.79 Å². The van der Waals surface area contributed by atoms with Gasteiger partial charge in [0.25, 0.3) is 0 Å². The van der Waals surface area contributed by atoms with Crippen LogP contribution < -0.4 is 10.1 Å². The van der Waals surface area contributed by atoms with Crippen molar-refractivity contribution in [1.82, 2.24) is 9.88 Å². The SMILES string of the molecule is CN(C)Cc1ccncc1OC1CCC(Nc2cc(C(C)(C)C)sc2C(=O)O)CC1. The molecular weight excluding hydrogens is 398 g/mol. The van der Waals surface area contributed by atoms with Crippen molar-refractivity contribution in [2.45, 2.75) is 70.6 Å². The molecular formula is C23H33N3O3S. The zero-order valence-corrected chi connectivity index (χ0v) is 19.4. The Bertz CT molecular complexity index is 865. The molecule has 0 radical (unpaired) electrons. The molecule has 2 heterocycles. The van der Waals surface area contributed by atoms with E-state index in [4.69, 9.17) is 4.74 Å². The van der Waals surface area contributed by atoms with E-state index in [0.29, 0.717) is 4.88 Å². The first kappa shape index (κ1) is 22.6. The molecule has 0 atom stereocenters. The van der Waals surface area contributed by atoms with Gasteiger partial charge >= 0.3 is 5.97 Å². The molecule has 1 fully saturated rings. The Morgan fingerprint density at radius 2 is 2.00 bits per heavy atom. The van der Waals surface area contributed by atoms with Gasteiger partial charge in [0.2, 0.25) is 0 Å². The summed E-state index contributed by atoms with van der Waals surface area (Å²) >= 11 is 1.37. The summed E-state index contributed by atoms with van der Waals surface area (Å²) in [6, 6.07) is 4.29. The number of hydrogen-bond acceptors (Lipinski definition) is 6. The van der Waals surface area contributed by atoms with Crippen molar-refractivity contribution in [3.8, 4) is 5.75 Å². The highest BCUT2D eigenvalue weighted by Gasteiger charge is 2.27. The van der Waals surface area contributed by atoms with Crippen molar-refractivity contribution < 1.29 is 14.6 Å². The third-order valence-electron chi connectivity index (χ3n) is 5.35. The number of aromatic carboxylic acids is 1. The van der Waals surface area contributed by atoms with Crippen molar-refractivity contribution in [2.75, 3.05) is 19.4 Å². The second-order valence-electron chi connectivity index (χ2n) is 9.37. The number of aromatic nitrogens is 1. The summed E-state index contributed by atoms with van der Waals surface area (Å²) in [7, 11) is 4.09. The third-order valence-corrected chi connectivity index (χ3v) is 6.90. The summed E-state index contributed by atoms with van der Waals surface area (Å²) < 4.78 is 6.29. The molecule has 0 amide bonds. The Labute approximate surface area is 183 Å². The largest absolute Gasteiger partial charge is 0.488 e. The number of rotatable bonds is 7. The van der Waals surface area contributed by atoms with Crippen molar-refractivity contribution in [1.29, 1.82) is 0 Å². The highest BCUT2D eigenvalue weighted by atomic mass is 32.1. The molecule has 164 valence electrons. The van der Waals surface area contributed by atoms with Gasteiger partial charge in [0.1, 0.15) is 10.6 Å². The van der Waals surface area contributed by atoms with Crippen LogP contribution in [0, 0.1) is 0 Å². The second kappa shape index (κ2) is 9.35. The first-order valence-corrected chi connectivity index (χ1v) is 11.3. The molecule has 2 N–H and O–H groups in total. The number of anilines is 1. The molecule has 3 rings (SSSR count). The number of pyridine rings is 1. The van der Waals surface area contributed by atoms with Crippen LogP contribution in [0.4, 0.5) is 5.69 Å². The summed E-state index contributed by atoms with van der Waals surface area (Å²) in [5.74, 6) is 0.00319. The van der Waals surface area contributed by atoms with Crippen LogP contribution >= 0.6 is 11.3 Å². The summed E-state index contributed by atoms with van der Waals surface area (Å²) in [5, 5.41) is 13.1. The average Bonchev–Trinajstić information content (AvgIpc) is 3.09. The van der Waals surface area contributed by atoms with E-state index >= 15 is 0 Å². The molecule has 0 aromatic carbocycles. The van der Waals surface area contributed by atoms with E-state index in [1.807, 2.05) is 32.4 Å². The average molecular weight is 432 g/mol. The first-order valence-electron chi connectivity index (χ1n) is 10.5. The number of carbonyl (C=O) groups is 1. The van der Waals surface area contributed by atoms with Crippen LogP contribution in [0.3, 0.4) is 0 Å². The Hall–Kier alpha value is -2.12. The Morgan fingerprint density at radius 3 is 2.60 bits per heavy atom. The highest BCUT2D eigenvalue weighted by molar-refractivity contribution is 7.14. The van der Waals surface area contributed by atoms with Crippen LogP contribution in [0.1, 0.15) is 66.6 Å². The fraction of sp³-hybridized carbons (Fsp3) is 0.565. The van der Waals surface area contributed by atoms with Crippen LogP contribution in [0.5, 0.6) is 5.75 Å². The number of thiophene rings is 1. The molecule has 0 aliphatic heterocycles. The minimum Gasteiger partial charge on any atom is -0.488 e. The monoisotopic (exact) mass is 431 g/mol. The molecule has 0 spiro atoms. The summed E-state index contributed by atoms with van der Waals surface area (Å²) in [5.41, 5.74) is 1.84. The molecule has 0 bridgehead atoms. The van der Waals surface area contributed by atoms with Gasteiger partial charge in [-0.1, -0.05) is 20.8 Å². The van der Waals surface area contributed by atoms with Gasteiger partial charge in [0, 0.05) is 29.2 Å². The Kier molecular flexibility index (Phi) is 7.03. The zero-order chi connectivity index (χ0) is 21.9. The van der Waals surface area contributed by atoms with Gasteiger partial charge < -0.3 is 20.1 Å². The molecule has 0 saturated heterocycles. The molecule has 0 unspecified atom stereocenters. The number of nitrogens with one attached hydrogen (secondary N) is 1. The van der Waals surface area contributed by atoms with Crippen molar-refractivity contribution in [3.05, 3.63) is 39.8 Å². The third kappa shape index (κ3) is 5.73. The van der Waals surface area contributed by atoms with Gasteiger partial charge in [-0.3, -0.25) is 4.98 Å². The fourth-order valence-corrected chi connectivity index (χ4v) is 4.76. The molecule has 2 aromatic rings. The highest BCUT2D eigenvalue weighted by Crippen LogP contribution is 2.37. The normalized spacial score (nSPS) is 19.7. The van der Waals surface area contributed by atoms with E-state index in [-0.39, 0.29) is 17.6 Å². The van der Waals surface area contributed by atoms with Crippen LogP contribution in [0.15, 0.2) is 24.5 Å². The van der Waals surface area contributed by atoms with Crippen LogP contribution in [0.2, 0.25) is 0 Å². The Morgan fingerprint density at radius 1 is 1.30 bits per heavy atom. The molecule has 1 aliphatic carbocycles. The van der Waals surface area contributed by atoms with E-state index in [1.165, 1.54) is 11.3 Å². The second-order valence-corrected chi connectivity index (χ2v) is 10.4. The Balaban J connectivity index is 1.61. The van der Waals surface area contributed by atoms with E-state index in [9.17, 15) is 9.90 Å². The molecule has 1 saturated carbocycles. The quantitative estimate of drug-likeness (QED) is 0.642. The number of carboxylic acid groups (broad SMARTS) is 1. The topological polar surface area (TPSA) is 74.7 Å². The van der Waals surface area contributed by atoms with Gasteiger partial charge in [-0.2, -0.15) is 0 Å². The lowest BCUT2D eigenvalue weighted by molar-refractivity contribution is 0.0703. The lowest BCUT2D eigenvalue weighted by atomic mass is 9.92. The lowest BCUT2D eigenvalue weighted by Gasteiger charge is -2.30. The summed E-state index contributed by atoms with van der Waals surface area (Å²) in [6.07, 6.45) is 7.56. The smallest absolute Gasteiger partial charge is 0.348 e. The molecule has 1 aliphatic rings. The van der Waals surface area contributed by atoms with Crippen LogP contribution in [-0.4, -0.2) is 47.2 Å². The minimum atomic E-state index is -0.861. The van der Waals surface area contributed by atoms with Crippen molar-refractivity contribution >= 4 is 23.0 Å². The predicted molar refractivity (Wildman–Crippen MR) is 122 cm³/mol. The zero-order valence-electron chi connectivity index (χ0n) is 18.6. The van der Waals surface area contributed by atoms with Gasteiger partial charge in [0.15, 0.2) is 0 Å². The van der Waals surface area contributed by atoms with Crippen LogP contribution in [0.25, 0.3) is 0 Å². The van der Waals surface area contributed by atoms with Crippen molar-refractivity contribution in [3.63, 3.8) is 0 Å². The summed E-state index contributed by atoms with van der Waals surface area (Å²) in [4.78, 5) is 19.5. The standard InChI is InChI=1S/C23H33N3O3S/c1-23(2,3)20-12-18(21(30-20)22(27)28)25-16-6-8-17(9-7-16)29-19-13-24-11-10-15(19)14-26(4)5/h10-13,16-17,25H,6-9,14H2,1-5H3,(H,27,28). The van der Waals surface area contributed by atoms with Crippen molar-refractivity contribution in [2.24, 2.45) is 0 Å². The number of nitrogens with zero attached hydrogens (tertiary/aromatic N) is 2. The predicted octanol–water partition coefficient (Wildman–Crippen LogP) is 5.00. The first-order chi connectivity index (χ1) is 14.1. The lowest BCUT2D eigenvalue weighted by Crippen LogP contribution is -2.31. The minimum absolute atomic E-state index is 0.0612. The van der Waals surface area contributed by atoms with E-state index in [0.717, 1.165) is 54.1 Å². The van der Waals surface area contributed by atoms with E-state index < -0.39 is 5.97 Å². The fourth-order valence-electron chi connectivity index (χ4n) is 3.74. The molecule has 30 heavy (non-hydrogen) atoms. The van der Waals surface area contributed by atoms with Gasteiger partial charge in [-0.05, 0) is 57.3 Å². The van der Waals surface area contributed by atoms with E-state index in [1.54, 1.807) is 6.20 Å². The summed E-state index contributed by atoms with van der Waals surface area (Å²) in [6.45, 7) is 7.15. The van der Waals surface area contributed by atoms with Gasteiger partial charge in [-0.15, -0.1) is 11.3 Å². The molecule has 2 aromatic heterocycles. The maximum atomic E-state index is 11.7. The maximum absolute atomic E-state index is 11.7. The maximum Gasteiger partial charge on any atom is 0.348 e. The number of ether oxygens (including phenoxy) is 1. The van der Waals surface area contributed by atoms with E-state index in [2.05, 4.69) is 36.0 Å². The number of hydrogen-bond donors (Lipinski definition) is 2. The number of carboxylic acids is 1.